The van der Waals surface area contributed by atoms with Crippen molar-refractivity contribution in [3.05, 3.63) is 119 Å². The Kier molecular flexibility index (Phi) is 16.6. The molecule has 0 aromatic heterocycles. The summed E-state index contributed by atoms with van der Waals surface area (Å²) in [6.45, 7) is 9.45. The molecule has 3 aliphatic rings. The molecule has 1 unspecified atom stereocenters. The van der Waals surface area contributed by atoms with E-state index in [0.29, 0.717) is 90.8 Å². The summed E-state index contributed by atoms with van der Waals surface area (Å²) in [5, 5.41) is 25.5. The van der Waals surface area contributed by atoms with E-state index in [4.69, 9.17) is 18.9 Å². The number of aromatic hydroxyl groups is 2. The molecule has 0 aliphatic carbocycles. The number of amides is 4. The molecule has 2 fully saturated rings. The molecule has 2 saturated heterocycles. The number of fused-ring (bicyclic) bond motifs is 1. The van der Waals surface area contributed by atoms with Gasteiger partial charge >= 0.3 is 0 Å². The molecule has 15 nitrogen and oxygen atoms in total. The molecule has 3 aliphatic heterocycles. The number of ether oxygens (including phenoxy) is 4. The van der Waals surface area contributed by atoms with Crippen LogP contribution in [0.15, 0.2) is 91.0 Å². The van der Waals surface area contributed by atoms with E-state index in [9.17, 15) is 29.4 Å². The average molecular weight is 890 g/mol. The molecule has 0 saturated carbocycles. The van der Waals surface area contributed by atoms with Crippen LogP contribution in [0.3, 0.4) is 0 Å². The topological polar surface area (TPSA) is 179 Å². The van der Waals surface area contributed by atoms with E-state index in [1.165, 1.54) is 4.90 Å². The van der Waals surface area contributed by atoms with Gasteiger partial charge in [-0.05, 0) is 89.2 Å². The maximum atomic E-state index is 13.0. The van der Waals surface area contributed by atoms with Gasteiger partial charge in [-0.2, -0.15) is 0 Å². The Labute approximate surface area is 379 Å². The van der Waals surface area contributed by atoms with Gasteiger partial charge in [0, 0.05) is 69.0 Å². The third kappa shape index (κ3) is 12.5. The zero-order valence-electron chi connectivity index (χ0n) is 37.0. The predicted molar refractivity (Wildman–Crippen MR) is 245 cm³/mol. The number of hydrogen-bond donors (Lipinski definition) is 4. The minimum atomic E-state index is -0.653. The summed E-state index contributed by atoms with van der Waals surface area (Å²) in [5.74, 6) is 0.337. The number of carbonyl (C=O) groups excluding carboxylic acids is 4. The highest BCUT2D eigenvalue weighted by Crippen LogP contribution is 2.36. The first-order valence-electron chi connectivity index (χ1n) is 22.5. The normalized spacial score (nSPS) is 16.9. The van der Waals surface area contributed by atoms with E-state index < -0.39 is 11.9 Å². The molecule has 0 spiro atoms. The highest BCUT2D eigenvalue weighted by molar-refractivity contribution is 6.06. The molecule has 0 bridgehead atoms. The molecule has 4 aromatic carbocycles. The van der Waals surface area contributed by atoms with E-state index >= 15 is 0 Å². The number of rotatable bonds is 22. The van der Waals surface area contributed by atoms with Crippen LogP contribution in [0.5, 0.6) is 17.2 Å². The number of imide groups is 1. The molecule has 15 heteroatoms. The number of anilines is 1. The second-order valence-electron chi connectivity index (χ2n) is 16.1. The van der Waals surface area contributed by atoms with Gasteiger partial charge in [0.15, 0.2) is 0 Å². The smallest absolute Gasteiger partial charge is 0.255 e. The van der Waals surface area contributed by atoms with Crippen molar-refractivity contribution in [1.29, 1.82) is 0 Å². The van der Waals surface area contributed by atoms with Crippen LogP contribution in [0.25, 0.3) is 11.1 Å². The highest BCUT2D eigenvalue weighted by Gasteiger charge is 2.39. The summed E-state index contributed by atoms with van der Waals surface area (Å²) < 4.78 is 23.1. The second kappa shape index (κ2) is 23.1. The van der Waals surface area contributed by atoms with Gasteiger partial charge in [0.2, 0.25) is 17.7 Å². The largest absolute Gasteiger partial charge is 0.508 e. The van der Waals surface area contributed by atoms with Crippen molar-refractivity contribution in [3.63, 3.8) is 0 Å². The third-order valence-corrected chi connectivity index (χ3v) is 11.9. The van der Waals surface area contributed by atoms with E-state index in [1.807, 2.05) is 53.4 Å². The summed E-state index contributed by atoms with van der Waals surface area (Å²) in [4.78, 5) is 55.6. The molecule has 344 valence electrons. The zero-order valence-corrected chi connectivity index (χ0v) is 37.0. The molecule has 3 heterocycles. The second-order valence-corrected chi connectivity index (χ2v) is 16.1. The van der Waals surface area contributed by atoms with Gasteiger partial charge in [0.05, 0.1) is 46.1 Å². The number of piperidine rings is 1. The van der Waals surface area contributed by atoms with Crippen molar-refractivity contribution < 1.29 is 48.3 Å². The Morgan fingerprint density at radius 3 is 2.00 bits per heavy atom. The van der Waals surface area contributed by atoms with Crippen LogP contribution < -0.4 is 15.4 Å². The fraction of sp³-hybridized carbons (Fsp3) is 0.400. The molecule has 4 amide bonds. The molecular weight excluding hydrogens is 831 g/mol. The van der Waals surface area contributed by atoms with E-state index in [-0.39, 0.29) is 35.6 Å². The lowest BCUT2D eigenvalue weighted by atomic mass is 9.88. The molecule has 65 heavy (non-hydrogen) atoms. The quantitative estimate of drug-likeness (QED) is 0.0456. The molecule has 7 rings (SSSR count). The average Bonchev–Trinajstić information content (AvgIpc) is 3.65. The van der Waals surface area contributed by atoms with Crippen molar-refractivity contribution in [2.45, 2.75) is 45.2 Å². The predicted octanol–water partition coefficient (Wildman–Crippen LogP) is 5.30. The van der Waals surface area contributed by atoms with Gasteiger partial charge in [0.25, 0.3) is 5.91 Å². The minimum absolute atomic E-state index is 0.0833. The van der Waals surface area contributed by atoms with Crippen LogP contribution in [0.4, 0.5) is 5.69 Å². The Bertz CT molecular complexity index is 2280. The lowest BCUT2D eigenvalue weighted by Gasteiger charge is -2.34. The number of nitrogens with one attached hydrogen (secondary N) is 2. The van der Waals surface area contributed by atoms with Crippen LogP contribution >= 0.6 is 0 Å². The van der Waals surface area contributed by atoms with E-state index in [1.54, 1.807) is 30.3 Å². The van der Waals surface area contributed by atoms with Crippen LogP contribution in [-0.4, -0.2) is 140 Å². The van der Waals surface area contributed by atoms with Crippen molar-refractivity contribution in [1.82, 2.24) is 20.0 Å². The Morgan fingerprint density at radius 1 is 0.738 bits per heavy atom. The lowest BCUT2D eigenvalue weighted by Crippen LogP contribution is -2.52. The van der Waals surface area contributed by atoms with Crippen LogP contribution in [0.1, 0.15) is 65.2 Å². The maximum absolute atomic E-state index is 13.0. The Hall–Kier alpha value is -6.26. The summed E-state index contributed by atoms with van der Waals surface area (Å²) in [6.07, 6.45) is 1.63. The fourth-order valence-corrected chi connectivity index (χ4v) is 8.43. The zero-order chi connectivity index (χ0) is 45.5. The number of benzene rings is 4. The number of carbonyl (C=O) groups is 4. The minimum Gasteiger partial charge on any atom is -0.508 e. The molecule has 4 N–H and O–H groups in total. The lowest BCUT2D eigenvalue weighted by molar-refractivity contribution is -0.137. The number of allylic oxidation sites excluding steroid dienone is 1. The first-order chi connectivity index (χ1) is 31.7. The first-order valence-corrected chi connectivity index (χ1v) is 22.5. The summed E-state index contributed by atoms with van der Waals surface area (Å²) >= 11 is 0. The van der Waals surface area contributed by atoms with Crippen LogP contribution in [-0.2, 0) is 35.1 Å². The number of phenols is 2. The summed E-state index contributed by atoms with van der Waals surface area (Å²) in [7, 11) is 0. The highest BCUT2D eigenvalue weighted by atomic mass is 16.5. The maximum Gasteiger partial charge on any atom is 0.255 e. The van der Waals surface area contributed by atoms with E-state index in [0.717, 1.165) is 70.9 Å². The molecule has 4 aromatic rings. The van der Waals surface area contributed by atoms with Crippen molar-refractivity contribution in [3.8, 4) is 17.2 Å². The summed E-state index contributed by atoms with van der Waals surface area (Å²) in [6, 6.07) is 27.3. The number of hydrogen-bond acceptors (Lipinski definition) is 12. The van der Waals surface area contributed by atoms with Crippen LogP contribution in [0.2, 0.25) is 0 Å². The monoisotopic (exact) mass is 889 g/mol. The van der Waals surface area contributed by atoms with Crippen molar-refractivity contribution >= 4 is 40.5 Å². The number of piperazine rings is 1. The Morgan fingerprint density at radius 2 is 1.35 bits per heavy atom. The number of phenolic OH excluding ortho intramolecular Hbond substituents is 2. The standard InChI is InChI=1S/C50H59N5O10/c1-2-41(35-6-12-38(56)13-7-35)48(36-8-14-39(57)15-9-36)37-10-16-40(17-11-37)65-29-26-53-22-24-54(25-23-53)47(59)20-27-62-30-32-64-33-31-63-28-21-51-44-5-3-4-42-43(44)34-55(50(42)61)45-18-19-46(58)52-49(45)60/h3-17,45,51,56-57H,2,18-34H2,1H3,(H,52,58,60). The molecule has 0 radical (unpaired) electrons. The van der Waals surface area contributed by atoms with Gasteiger partial charge < -0.3 is 44.3 Å². The van der Waals surface area contributed by atoms with Gasteiger partial charge in [-0.15, -0.1) is 0 Å². The fourth-order valence-electron chi connectivity index (χ4n) is 8.43. The van der Waals surface area contributed by atoms with Gasteiger partial charge in [0.1, 0.15) is 29.9 Å². The summed E-state index contributed by atoms with van der Waals surface area (Å²) in [5.41, 5.74) is 7.41. The van der Waals surface area contributed by atoms with Gasteiger partial charge in [-0.25, -0.2) is 0 Å². The number of nitrogens with zero attached hydrogens (tertiary/aromatic N) is 3. The van der Waals surface area contributed by atoms with Gasteiger partial charge in [-0.3, -0.25) is 29.4 Å². The first kappa shape index (κ1) is 46.7. The van der Waals surface area contributed by atoms with Crippen molar-refractivity contribution in [2.75, 3.05) is 90.8 Å². The Balaban J connectivity index is 0.723. The van der Waals surface area contributed by atoms with Crippen LogP contribution in [0, 0.1) is 0 Å². The van der Waals surface area contributed by atoms with Gasteiger partial charge in [-0.1, -0.05) is 49.4 Å². The third-order valence-electron chi connectivity index (χ3n) is 11.9. The van der Waals surface area contributed by atoms with E-state index in [2.05, 4.69) is 34.6 Å². The molecular formula is C50H59N5O10. The van der Waals surface area contributed by atoms with Crippen molar-refractivity contribution in [2.24, 2.45) is 0 Å². The molecule has 1 atom stereocenters. The SMILES string of the molecule is CCC(=C(c1ccc(O)cc1)c1ccc(OCCN2CCN(C(=O)CCOCCOCCOCCNc3cccc4c3CN(C3CCC(=O)NC3=O)C4=O)CC2)cc1)c1ccc(O)cc1.